The Labute approximate surface area is 178 Å². The number of alkyl halides is 3. The number of H-pyrrole nitrogens is 1. The molecule has 0 amide bonds. The van der Waals surface area contributed by atoms with Crippen LogP contribution in [0.1, 0.15) is 0 Å². The highest BCUT2D eigenvalue weighted by Gasteiger charge is 2.29. The van der Waals surface area contributed by atoms with Crippen molar-refractivity contribution in [1.82, 2.24) is 40.1 Å². The molecule has 2 aromatic carbocycles. The van der Waals surface area contributed by atoms with E-state index in [2.05, 4.69) is 40.9 Å². The van der Waals surface area contributed by atoms with Crippen LogP contribution in [-0.4, -0.2) is 46.3 Å². The number of aromatic amines is 1. The lowest BCUT2D eigenvalue weighted by Gasteiger charge is -2.12. The summed E-state index contributed by atoms with van der Waals surface area (Å²) in [5.74, 6) is 0.682. The monoisotopic (exact) mass is 437 g/mol. The first-order chi connectivity index (χ1) is 15.5. The summed E-state index contributed by atoms with van der Waals surface area (Å²) in [7, 11) is 0. The number of nitrogens with zero attached hydrogens (tertiary/aromatic N) is 7. The molecule has 0 saturated carbocycles. The van der Waals surface area contributed by atoms with Crippen molar-refractivity contribution in [2.75, 3.05) is 5.32 Å². The van der Waals surface area contributed by atoms with Crippen molar-refractivity contribution in [3.63, 3.8) is 0 Å². The topological polar surface area (TPSA) is 110 Å². The van der Waals surface area contributed by atoms with E-state index in [0.717, 1.165) is 10.1 Å². The molecule has 0 fully saturated rings. The van der Waals surface area contributed by atoms with Crippen molar-refractivity contribution in [1.29, 1.82) is 0 Å². The molecule has 5 aromatic rings. The van der Waals surface area contributed by atoms with E-state index in [1.165, 1.54) is 18.7 Å². The number of tetrazole rings is 1. The summed E-state index contributed by atoms with van der Waals surface area (Å²) >= 11 is 0. The molecule has 32 heavy (non-hydrogen) atoms. The van der Waals surface area contributed by atoms with Crippen LogP contribution in [0, 0.1) is 0 Å². The summed E-state index contributed by atoms with van der Waals surface area (Å²) in [4.78, 5) is 12.7. The molecule has 5 rings (SSSR count). The SMILES string of the molecule is FC(F)(F)Cn1cnc2c(-c3ccccc3)cc(Nc3ncc(-c4nnn[nH]4)cn3)cc21. The van der Waals surface area contributed by atoms with Crippen LogP contribution in [-0.2, 0) is 6.54 Å². The number of hydrogen-bond acceptors (Lipinski definition) is 7. The molecule has 9 nitrogen and oxygen atoms in total. The normalized spacial score (nSPS) is 11.7. The minimum absolute atomic E-state index is 0.265. The number of fused-ring (bicyclic) bond motifs is 1. The van der Waals surface area contributed by atoms with Crippen LogP contribution in [0.2, 0.25) is 0 Å². The Kier molecular flexibility index (Phi) is 4.73. The number of halogens is 3. The zero-order valence-corrected chi connectivity index (χ0v) is 16.2. The highest BCUT2D eigenvalue weighted by Crippen LogP contribution is 2.33. The number of nitrogens with one attached hydrogen (secondary N) is 2. The number of aromatic nitrogens is 8. The van der Waals surface area contributed by atoms with Crippen LogP contribution < -0.4 is 5.32 Å². The van der Waals surface area contributed by atoms with E-state index in [4.69, 9.17) is 0 Å². The second kappa shape index (κ2) is 7.72. The molecular formula is C20H14F3N9. The van der Waals surface area contributed by atoms with Gasteiger partial charge >= 0.3 is 6.18 Å². The fourth-order valence-electron chi connectivity index (χ4n) is 3.32. The third-order valence-corrected chi connectivity index (χ3v) is 4.69. The quantitative estimate of drug-likeness (QED) is 0.428. The van der Waals surface area contributed by atoms with Crippen molar-refractivity contribution < 1.29 is 13.2 Å². The molecule has 2 N–H and O–H groups in total. The summed E-state index contributed by atoms with van der Waals surface area (Å²) in [6, 6.07) is 12.7. The van der Waals surface area contributed by atoms with Crippen molar-refractivity contribution in [3.05, 3.63) is 61.2 Å². The van der Waals surface area contributed by atoms with Gasteiger partial charge in [0.05, 0.1) is 22.9 Å². The molecule has 0 aliphatic rings. The van der Waals surface area contributed by atoms with Crippen LogP contribution in [0.25, 0.3) is 33.5 Å². The van der Waals surface area contributed by atoms with Gasteiger partial charge in [-0.2, -0.15) is 13.2 Å². The van der Waals surface area contributed by atoms with Gasteiger partial charge in [0, 0.05) is 23.6 Å². The maximum atomic E-state index is 13.1. The number of rotatable bonds is 5. The lowest BCUT2D eigenvalue weighted by molar-refractivity contribution is -0.139. The second-order valence-electron chi connectivity index (χ2n) is 6.92. The Morgan fingerprint density at radius 3 is 2.44 bits per heavy atom. The van der Waals surface area contributed by atoms with Gasteiger partial charge in [-0.15, -0.1) is 5.10 Å². The third kappa shape index (κ3) is 3.97. The number of anilines is 2. The van der Waals surface area contributed by atoms with Crippen LogP contribution >= 0.6 is 0 Å². The maximum Gasteiger partial charge on any atom is 0.406 e. The Bertz CT molecular complexity index is 1350. The zero-order valence-electron chi connectivity index (χ0n) is 16.2. The molecular weight excluding hydrogens is 423 g/mol. The van der Waals surface area contributed by atoms with Crippen molar-refractivity contribution >= 4 is 22.7 Å². The molecule has 0 aliphatic heterocycles. The first-order valence-electron chi connectivity index (χ1n) is 9.40. The third-order valence-electron chi connectivity index (χ3n) is 4.69. The van der Waals surface area contributed by atoms with E-state index < -0.39 is 12.7 Å². The van der Waals surface area contributed by atoms with E-state index in [-0.39, 0.29) is 5.95 Å². The highest BCUT2D eigenvalue weighted by molar-refractivity contribution is 5.95. The average Bonchev–Trinajstić information content (AvgIpc) is 3.44. The first-order valence-corrected chi connectivity index (χ1v) is 9.40. The van der Waals surface area contributed by atoms with Crippen molar-refractivity contribution in [2.24, 2.45) is 0 Å². The fourth-order valence-corrected chi connectivity index (χ4v) is 3.32. The van der Waals surface area contributed by atoms with Gasteiger partial charge in [-0.1, -0.05) is 30.3 Å². The highest BCUT2D eigenvalue weighted by atomic mass is 19.4. The summed E-state index contributed by atoms with van der Waals surface area (Å²) in [6.45, 7) is -1.14. The molecule has 0 radical (unpaired) electrons. The Balaban J connectivity index is 1.55. The lowest BCUT2D eigenvalue weighted by atomic mass is 10.0. The lowest BCUT2D eigenvalue weighted by Crippen LogP contribution is -2.16. The fraction of sp³-hybridized carbons (Fsp3) is 0.100. The average molecular weight is 437 g/mol. The minimum Gasteiger partial charge on any atom is -0.324 e. The van der Waals surface area contributed by atoms with Crippen molar-refractivity contribution in [2.45, 2.75) is 12.7 Å². The number of imidazole rings is 1. The smallest absolute Gasteiger partial charge is 0.324 e. The minimum atomic E-state index is -4.38. The van der Waals surface area contributed by atoms with Crippen LogP contribution in [0.3, 0.4) is 0 Å². The Morgan fingerprint density at radius 2 is 1.75 bits per heavy atom. The number of hydrogen-bond donors (Lipinski definition) is 2. The van der Waals surface area contributed by atoms with Gasteiger partial charge in [0.25, 0.3) is 0 Å². The standard InChI is InChI=1S/C20H14F3N9/c21-20(22,23)10-32-11-26-17-15(12-4-2-1-3-5-12)6-14(7-16(17)32)27-19-24-8-13(9-25-19)18-28-30-31-29-18/h1-9,11H,10H2,(H,24,25,27)(H,28,29,30,31). The van der Waals surface area contributed by atoms with E-state index in [9.17, 15) is 13.2 Å². The predicted molar refractivity (Wildman–Crippen MR) is 110 cm³/mol. The predicted octanol–water partition coefficient (Wildman–Crippen LogP) is 3.98. The van der Waals surface area contributed by atoms with Crippen LogP contribution in [0.4, 0.5) is 24.8 Å². The van der Waals surface area contributed by atoms with Crippen molar-refractivity contribution in [3.8, 4) is 22.5 Å². The first kappa shape index (κ1) is 19.6. The van der Waals surface area contributed by atoms with Gasteiger partial charge in [-0.05, 0) is 28.1 Å². The summed E-state index contributed by atoms with van der Waals surface area (Å²) in [6.07, 6.45) is -0.117. The summed E-state index contributed by atoms with van der Waals surface area (Å²) in [5, 5.41) is 16.5. The molecule has 0 aliphatic carbocycles. The second-order valence-corrected chi connectivity index (χ2v) is 6.92. The largest absolute Gasteiger partial charge is 0.406 e. The van der Waals surface area contributed by atoms with E-state index in [0.29, 0.717) is 33.7 Å². The Morgan fingerprint density at radius 1 is 0.969 bits per heavy atom. The van der Waals surface area contributed by atoms with Gasteiger partial charge in [-0.25, -0.2) is 20.1 Å². The molecule has 0 bridgehead atoms. The van der Waals surface area contributed by atoms with Gasteiger partial charge in [-0.3, -0.25) is 0 Å². The molecule has 160 valence electrons. The molecule has 12 heteroatoms. The van der Waals surface area contributed by atoms with Gasteiger partial charge in [0.15, 0.2) is 5.82 Å². The van der Waals surface area contributed by atoms with Gasteiger partial charge < -0.3 is 9.88 Å². The molecule has 0 unspecified atom stereocenters. The summed E-state index contributed by atoms with van der Waals surface area (Å²) < 4.78 is 40.3. The van der Waals surface area contributed by atoms with E-state index in [1.54, 1.807) is 12.1 Å². The van der Waals surface area contributed by atoms with Gasteiger partial charge in [0.2, 0.25) is 5.95 Å². The molecule has 3 aromatic heterocycles. The van der Waals surface area contributed by atoms with E-state index >= 15 is 0 Å². The number of benzene rings is 2. The van der Waals surface area contributed by atoms with Crippen LogP contribution in [0.15, 0.2) is 61.2 Å². The van der Waals surface area contributed by atoms with E-state index in [1.807, 2.05) is 30.3 Å². The van der Waals surface area contributed by atoms with Gasteiger partial charge in [0.1, 0.15) is 6.54 Å². The zero-order chi connectivity index (χ0) is 22.1. The maximum absolute atomic E-state index is 13.1. The summed E-state index contributed by atoms with van der Waals surface area (Å²) in [5.41, 5.74) is 3.44. The van der Waals surface area contributed by atoms with Crippen LogP contribution in [0.5, 0.6) is 0 Å². The molecule has 0 spiro atoms. The molecule has 3 heterocycles. The molecule has 0 atom stereocenters. The Hall–Kier alpha value is -4.35. The molecule has 0 saturated heterocycles.